The second-order valence-electron chi connectivity index (χ2n) is 4.29. The first kappa shape index (κ1) is 14.5. The second kappa shape index (κ2) is 7.05. The van der Waals surface area contributed by atoms with Crippen LogP contribution in [-0.2, 0) is 4.79 Å². The maximum absolute atomic E-state index is 11.8. The molecule has 2 rings (SSSR count). The van der Waals surface area contributed by atoms with E-state index in [9.17, 15) is 4.79 Å². The molecular formula is C15H15BrN2O2. The second-order valence-corrected chi connectivity index (χ2v) is 5.21. The first-order valence-electron chi connectivity index (χ1n) is 6.24. The summed E-state index contributed by atoms with van der Waals surface area (Å²) >= 11 is 3.37. The zero-order chi connectivity index (χ0) is 14.4. The highest BCUT2D eigenvalue weighted by Crippen LogP contribution is 2.17. The smallest absolute Gasteiger partial charge is 0.227 e. The number of rotatable bonds is 5. The number of benzene rings is 1. The molecule has 1 amide bonds. The lowest BCUT2D eigenvalue weighted by Gasteiger charge is -2.07. The fourth-order valence-corrected chi connectivity index (χ4v) is 2.04. The molecule has 1 N–H and O–H groups in total. The third-order valence-electron chi connectivity index (χ3n) is 2.57. The van der Waals surface area contributed by atoms with Crippen LogP contribution in [-0.4, -0.2) is 17.5 Å². The molecule has 0 saturated heterocycles. The Morgan fingerprint density at radius 3 is 2.95 bits per heavy atom. The van der Waals surface area contributed by atoms with Gasteiger partial charge in [-0.1, -0.05) is 22.0 Å². The summed E-state index contributed by atoms with van der Waals surface area (Å²) < 4.78 is 6.47. The van der Waals surface area contributed by atoms with Crippen LogP contribution in [0.3, 0.4) is 0 Å². The van der Waals surface area contributed by atoms with E-state index < -0.39 is 0 Å². The topological polar surface area (TPSA) is 51.2 Å². The number of carbonyl (C=O) groups excluding carboxylic acids is 1. The Labute approximate surface area is 126 Å². The van der Waals surface area contributed by atoms with Crippen molar-refractivity contribution in [3.05, 3.63) is 52.8 Å². The van der Waals surface area contributed by atoms with E-state index in [1.165, 1.54) is 0 Å². The quantitative estimate of drug-likeness (QED) is 0.909. The highest BCUT2D eigenvalue weighted by Gasteiger charge is 2.03. The molecule has 0 aliphatic carbocycles. The van der Waals surface area contributed by atoms with Crippen LogP contribution in [0.2, 0.25) is 0 Å². The number of aromatic nitrogens is 1. The first-order chi connectivity index (χ1) is 9.63. The molecule has 2 aromatic rings. The van der Waals surface area contributed by atoms with E-state index in [0.29, 0.717) is 13.0 Å². The molecule has 0 aliphatic heterocycles. The molecule has 0 unspecified atom stereocenters. The molecule has 1 aromatic heterocycles. The third kappa shape index (κ3) is 4.66. The maximum Gasteiger partial charge on any atom is 0.227 e. The Bertz CT molecular complexity index is 602. The predicted octanol–water partition coefficient (Wildman–Crippen LogP) is 3.56. The summed E-state index contributed by atoms with van der Waals surface area (Å²) in [4.78, 5) is 15.8. The van der Waals surface area contributed by atoms with Crippen LogP contribution in [0.4, 0.5) is 5.69 Å². The standard InChI is InChI=1S/C15H15BrN2O2/c1-11-9-13(5-7-17-11)18-15(19)6-8-20-14-4-2-3-12(16)10-14/h2-5,7,9-10H,6,8H2,1H3,(H,17,18,19). The monoisotopic (exact) mass is 334 g/mol. The number of amides is 1. The van der Waals surface area contributed by atoms with Gasteiger partial charge < -0.3 is 10.1 Å². The molecule has 104 valence electrons. The summed E-state index contributed by atoms with van der Waals surface area (Å²) in [5.41, 5.74) is 1.62. The van der Waals surface area contributed by atoms with Crippen molar-refractivity contribution in [1.29, 1.82) is 0 Å². The molecule has 0 aliphatic rings. The fourth-order valence-electron chi connectivity index (χ4n) is 1.67. The van der Waals surface area contributed by atoms with Crippen molar-refractivity contribution in [3.63, 3.8) is 0 Å². The van der Waals surface area contributed by atoms with Crippen LogP contribution >= 0.6 is 15.9 Å². The van der Waals surface area contributed by atoms with Crippen LogP contribution in [0.15, 0.2) is 47.1 Å². The number of ether oxygens (including phenoxy) is 1. The van der Waals surface area contributed by atoms with Crippen LogP contribution in [0.25, 0.3) is 0 Å². The van der Waals surface area contributed by atoms with E-state index in [1.54, 1.807) is 12.3 Å². The van der Waals surface area contributed by atoms with Gasteiger partial charge in [-0.15, -0.1) is 0 Å². The minimum atomic E-state index is -0.0782. The van der Waals surface area contributed by atoms with Crippen LogP contribution < -0.4 is 10.1 Å². The lowest BCUT2D eigenvalue weighted by molar-refractivity contribution is -0.116. The van der Waals surface area contributed by atoms with Gasteiger partial charge in [0.25, 0.3) is 0 Å². The van der Waals surface area contributed by atoms with Crippen molar-refractivity contribution >= 4 is 27.5 Å². The number of nitrogens with zero attached hydrogens (tertiary/aromatic N) is 1. The summed E-state index contributed by atoms with van der Waals surface area (Å²) in [5.74, 6) is 0.664. The van der Waals surface area contributed by atoms with Crippen LogP contribution in [0.1, 0.15) is 12.1 Å². The molecule has 0 atom stereocenters. The predicted molar refractivity (Wildman–Crippen MR) is 81.9 cm³/mol. The minimum absolute atomic E-state index is 0.0782. The summed E-state index contributed by atoms with van der Waals surface area (Å²) in [6, 6.07) is 11.1. The van der Waals surface area contributed by atoms with E-state index in [-0.39, 0.29) is 5.91 Å². The number of aryl methyl sites for hydroxylation is 1. The molecule has 4 nitrogen and oxygen atoms in total. The highest BCUT2D eigenvalue weighted by atomic mass is 79.9. The average Bonchev–Trinajstić information content (AvgIpc) is 2.38. The van der Waals surface area contributed by atoms with E-state index in [0.717, 1.165) is 21.6 Å². The van der Waals surface area contributed by atoms with Gasteiger partial charge >= 0.3 is 0 Å². The summed E-state index contributed by atoms with van der Waals surface area (Å²) in [6.07, 6.45) is 1.97. The average molecular weight is 335 g/mol. The highest BCUT2D eigenvalue weighted by molar-refractivity contribution is 9.10. The molecule has 0 bridgehead atoms. The first-order valence-corrected chi connectivity index (χ1v) is 7.03. The van der Waals surface area contributed by atoms with Crippen LogP contribution in [0, 0.1) is 6.92 Å². The van der Waals surface area contributed by atoms with Crippen molar-refractivity contribution < 1.29 is 9.53 Å². The molecule has 1 heterocycles. The number of carbonyl (C=O) groups is 1. The molecule has 20 heavy (non-hydrogen) atoms. The fraction of sp³-hybridized carbons (Fsp3) is 0.200. The largest absolute Gasteiger partial charge is 0.493 e. The summed E-state index contributed by atoms with van der Waals surface area (Å²) in [6.45, 7) is 2.22. The Balaban J connectivity index is 1.78. The van der Waals surface area contributed by atoms with Crippen molar-refractivity contribution in [3.8, 4) is 5.75 Å². The maximum atomic E-state index is 11.8. The normalized spacial score (nSPS) is 10.1. The number of halogens is 1. The van der Waals surface area contributed by atoms with Crippen molar-refractivity contribution in [2.24, 2.45) is 0 Å². The van der Waals surface area contributed by atoms with Crippen molar-refractivity contribution in [1.82, 2.24) is 4.98 Å². The number of anilines is 1. The molecular weight excluding hydrogens is 320 g/mol. The van der Waals surface area contributed by atoms with Gasteiger partial charge in [-0.05, 0) is 37.3 Å². The zero-order valence-corrected chi connectivity index (χ0v) is 12.7. The molecule has 0 radical (unpaired) electrons. The molecule has 0 spiro atoms. The van der Waals surface area contributed by atoms with E-state index in [4.69, 9.17) is 4.74 Å². The molecule has 0 saturated carbocycles. The Kier molecular flexibility index (Phi) is 5.12. The van der Waals surface area contributed by atoms with E-state index >= 15 is 0 Å². The lowest BCUT2D eigenvalue weighted by Crippen LogP contribution is -2.15. The zero-order valence-electron chi connectivity index (χ0n) is 11.1. The summed E-state index contributed by atoms with van der Waals surface area (Å²) in [5, 5.41) is 2.81. The SMILES string of the molecule is Cc1cc(NC(=O)CCOc2cccc(Br)c2)ccn1. The summed E-state index contributed by atoms with van der Waals surface area (Å²) in [7, 11) is 0. The van der Waals surface area contributed by atoms with Gasteiger partial charge in [0, 0.05) is 22.1 Å². The third-order valence-corrected chi connectivity index (χ3v) is 3.07. The van der Waals surface area contributed by atoms with Gasteiger partial charge in [-0.25, -0.2) is 0 Å². The molecule has 0 fully saturated rings. The van der Waals surface area contributed by atoms with Gasteiger partial charge in [0.2, 0.25) is 5.91 Å². The van der Waals surface area contributed by atoms with Gasteiger partial charge in [0.1, 0.15) is 5.75 Å². The lowest BCUT2D eigenvalue weighted by atomic mass is 10.3. The van der Waals surface area contributed by atoms with Crippen LogP contribution in [0.5, 0.6) is 5.75 Å². The van der Waals surface area contributed by atoms with Gasteiger partial charge in [0.05, 0.1) is 13.0 Å². The Hall–Kier alpha value is -1.88. The molecule has 5 heteroatoms. The number of hydrogen-bond acceptors (Lipinski definition) is 3. The van der Waals surface area contributed by atoms with Gasteiger partial charge in [0.15, 0.2) is 0 Å². The minimum Gasteiger partial charge on any atom is -0.493 e. The number of nitrogens with one attached hydrogen (secondary N) is 1. The van der Waals surface area contributed by atoms with Gasteiger partial charge in [-0.2, -0.15) is 0 Å². The van der Waals surface area contributed by atoms with Crippen molar-refractivity contribution in [2.45, 2.75) is 13.3 Å². The number of pyridine rings is 1. The van der Waals surface area contributed by atoms with Crippen molar-refractivity contribution in [2.75, 3.05) is 11.9 Å². The van der Waals surface area contributed by atoms with E-state index in [2.05, 4.69) is 26.2 Å². The molecule has 1 aromatic carbocycles. The van der Waals surface area contributed by atoms with E-state index in [1.807, 2.05) is 37.3 Å². The number of hydrogen-bond donors (Lipinski definition) is 1. The Morgan fingerprint density at radius 2 is 2.20 bits per heavy atom. The van der Waals surface area contributed by atoms with Gasteiger partial charge in [-0.3, -0.25) is 9.78 Å². The Morgan fingerprint density at radius 1 is 1.35 bits per heavy atom.